The van der Waals surface area contributed by atoms with Crippen LogP contribution < -0.4 is 4.90 Å². The lowest BCUT2D eigenvalue weighted by Gasteiger charge is -2.26. The number of benzene rings is 10. The molecule has 12 rings (SSSR count). The minimum atomic E-state index is 0.601. The van der Waals surface area contributed by atoms with Crippen molar-refractivity contribution in [3.05, 3.63) is 212 Å². The molecule has 0 aliphatic carbocycles. The van der Waals surface area contributed by atoms with Crippen molar-refractivity contribution in [2.45, 2.75) is 0 Å². The molecule has 0 bridgehead atoms. The van der Waals surface area contributed by atoms with Gasteiger partial charge >= 0.3 is 0 Å². The smallest absolute Gasteiger partial charge is 0.228 e. The molecule has 0 saturated carbocycles. The number of hydrogen-bond donors (Lipinski definition) is 0. The maximum atomic E-state index is 6.88. The van der Waals surface area contributed by atoms with Crippen LogP contribution in [0.2, 0.25) is 0 Å². The molecule has 0 N–H and O–H groups in total. The van der Waals surface area contributed by atoms with Crippen LogP contribution in [-0.2, 0) is 0 Å². The summed E-state index contributed by atoms with van der Waals surface area (Å²) in [6, 6.07) is 75.8. The molecule has 276 valence electrons. The average Bonchev–Trinajstić information content (AvgIpc) is 3.89. The number of rotatable bonds is 6. The summed E-state index contributed by atoms with van der Waals surface area (Å²) in [5, 5.41) is 9.40. The van der Waals surface area contributed by atoms with Crippen LogP contribution >= 0.6 is 0 Å². The summed E-state index contributed by atoms with van der Waals surface area (Å²) in [5.41, 5.74) is 11.3. The van der Waals surface area contributed by atoms with Gasteiger partial charge in [-0.3, -0.25) is 0 Å². The average molecular weight is 754 g/mol. The lowest BCUT2D eigenvalue weighted by Crippen LogP contribution is -2.10. The summed E-state index contributed by atoms with van der Waals surface area (Å²) in [7, 11) is 0. The molecule has 4 heteroatoms. The topological polar surface area (TPSA) is 34.2 Å². The third-order valence-electron chi connectivity index (χ3n) is 11.8. The van der Waals surface area contributed by atoms with Crippen LogP contribution in [0, 0.1) is 0 Å². The van der Waals surface area contributed by atoms with E-state index in [0.29, 0.717) is 5.89 Å². The molecule has 0 amide bonds. The van der Waals surface area contributed by atoms with E-state index in [1.54, 1.807) is 0 Å². The molecule has 59 heavy (non-hydrogen) atoms. The van der Waals surface area contributed by atoms with Gasteiger partial charge in [-0.05, 0) is 105 Å². The molecule has 0 aliphatic rings. The molecule has 0 aliphatic heterocycles. The normalized spacial score (nSPS) is 11.7. The van der Waals surface area contributed by atoms with Crippen molar-refractivity contribution in [1.82, 2.24) is 9.55 Å². The van der Waals surface area contributed by atoms with E-state index in [1.807, 2.05) is 6.07 Å². The van der Waals surface area contributed by atoms with Crippen molar-refractivity contribution in [2.24, 2.45) is 0 Å². The van der Waals surface area contributed by atoms with E-state index < -0.39 is 0 Å². The van der Waals surface area contributed by atoms with Crippen LogP contribution in [0.1, 0.15) is 0 Å². The van der Waals surface area contributed by atoms with E-state index in [9.17, 15) is 0 Å². The molecule has 2 heterocycles. The number of anilines is 3. The van der Waals surface area contributed by atoms with Crippen molar-refractivity contribution in [3.63, 3.8) is 0 Å². The summed E-state index contributed by atoms with van der Waals surface area (Å²) < 4.78 is 9.29. The second kappa shape index (κ2) is 13.3. The molecule has 0 spiro atoms. The lowest BCUT2D eigenvalue weighted by atomic mass is 10.0. The summed E-state index contributed by atoms with van der Waals surface area (Å²) in [4.78, 5) is 7.44. The molecule has 12 aromatic rings. The number of para-hydroxylation sites is 2. The first-order chi connectivity index (χ1) is 29.2. The van der Waals surface area contributed by atoms with Gasteiger partial charge in [0.05, 0.1) is 16.7 Å². The Morgan fingerprint density at radius 2 is 1.08 bits per heavy atom. The van der Waals surface area contributed by atoms with Gasteiger partial charge in [-0.15, -0.1) is 0 Å². The van der Waals surface area contributed by atoms with Crippen LogP contribution in [0.4, 0.5) is 17.1 Å². The van der Waals surface area contributed by atoms with Gasteiger partial charge in [0.1, 0.15) is 5.52 Å². The van der Waals surface area contributed by atoms with Gasteiger partial charge < -0.3 is 13.9 Å². The molecule has 0 atom stereocenters. The Labute approximate surface area is 340 Å². The van der Waals surface area contributed by atoms with Crippen LogP contribution in [-0.4, -0.2) is 9.55 Å². The van der Waals surface area contributed by atoms with Gasteiger partial charge in [0, 0.05) is 38.8 Å². The molecule has 0 radical (unpaired) electrons. The standard InChI is InChI=1S/C55H35N3O/c1-3-13-36(14-4-1)39-25-26-41-34-43(29-27-40(41)33-39)57(52-24-12-23-50-54(52)59-55(56-50)48-22-11-17-37-15-7-9-20-45(37)48)44-30-32-51-49(35-44)47-31-28-38-16-8-10-21-46(38)53(47)58(51)42-18-5-2-6-19-42/h1-35H. The predicted molar refractivity (Wildman–Crippen MR) is 246 cm³/mol. The number of oxazole rings is 1. The van der Waals surface area contributed by atoms with E-state index in [1.165, 1.54) is 43.6 Å². The monoisotopic (exact) mass is 753 g/mol. The fourth-order valence-electron chi connectivity index (χ4n) is 9.00. The van der Waals surface area contributed by atoms with Crippen molar-refractivity contribution in [3.8, 4) is 28.3 Å². The number of aromatic nitrogens is 2. The zero-order valence-corrected chi connectivity index (χ0v) is 32.0. The highest BCUT2D eigenvalue weighted by atomic mass is 16.3. The lowest BCUT2D eigenvalue weighted by molar-refractivity contribution is 0.621. The van der Waals surface area contributed by atoms with Crippen LogP contribution in [0.3, 0.4) is 0 Å². The first-order valence-electron chi connectivity index (χ1n) is 20.0. The quantitative estimate of drug-likeness (QED) is 0.170. The van der Waals surface area contributed by atoms with E-state index in [2.05, 4.69) is 216 Å². The highest BCUT2D eigenvalue weighted by Gasteiger charge is 2.23. The second-order valence-electron chi connectivity index (χ2n) is 15.2. The van der Waals surface area contributed by atoms with Crippen LogP contribution in [0.15, 0.2) is 217 Å². The van der Waals surface area contributed by atoms with Crippen LogP contribution in [0.5, 0.6) is 0 Å². The van der Waals surface area contributed by atoms with E-state index in [4.69, 9.17) is 9.40 Å². The van der Waals surface area contributed by atoms with Gasteiger partial charge in [0.25, 0.3) is 0 Å². The predicted octanol–water partition coefficient (Wildman–Crippen LogP) is 15.2. The minimum absolute atomic E-state index is 0.601. The third kappa shape index (κ3) is 5.42. The summed E-state index contributed by atoms with van der Waals surface area (Å²) in [6.45, 7) is 0. The first-order valence-corrected chi connectivity index (χ1v) is 20.0. The van der Waals surface area contributed by atoms with Gasteiger partial charge in [-0.2, -0.15) is 0 Å². The van der Waals surface area contributed by atoms with Gasteiger partial charge in [-0.25, -0.2) is 4.98 Å². The SMILES string of the molecule is c1ccc(-c2ccc3cc(N(c4ccc5c(c4)c4ccc6ccccc6c4n5-c4ccccc4)c4cccc5nc(-c6cccc7ccccc67)oc45)ccc3c2)cc1. The fourth-order valence-corrected chi connectivity index (χ4v) is 9.00. The Kier molecular flexibility index (Phi) is 7.50. The zero-order chi connectivity index (χ0) is 38.9. The Balaban J connectivity index is 1.10. The summed E-state index contributed by atoms with van der Waals surface area (Å²) in [5.74, 6) is 0.601. The van der Waals surface area contributed by atoms with E-state index in [0.717, 1.165) is 61.1 Å². The Hall–Kier alpha value is -7.95. The molecule has 0 unspecified atom stereocenters. The van der Waals surface area contributed by atoms with E-state index in [-0.39, 0.29) is 0 Å². The van der Waals surface area contributed by atoms with Crippen molar-refractivity contribution >= 4 is 82.3 Å². The Bertz CT molecular complexity index is 3560. The first kappa shape index (κ1) is 33.2. The van der Waals surface area contributed by atoms with E-state index >= 15 is 0 Å². The number of nitrogens with zero attached hydrogens (tertiary/aromatic N) is 3. The summed E-state index contributed by atoms with van der Waals surface area (Å²) >= 11 is 0. The molecule has 10 aromatic carbocycles. The highest BCUT2D eigenvalue weighted by molar-refractivity contribution is 6.19. The second-order valence-corrected chi connectivity index (χ2v) is 15.2. The highest BCUT2D eigenvalue weighted by Crippen LogP contribution is 2.45. The fraction of sp³-hybridized carbons (Fsp3) is 0. The molecule has 4 nitrogen and oxygen atoms in total. The molecule has 0 saturated heterocycles. The molecular formula is C55H35N3O. The van der Waals surface area contributed by atoms with Crippen molar-refractivity contribution in [1.29, 1.82) is 0 Å². The minimum Gasteiger partial charge on any atom is -0.434 e. The number of hydrogen-bond acceptors (Lipinski definition) is 3. The number of fused-ring (bicyclic) bond motifs is 8. The van der Waals surface area contributed by atoms with Crippen molar-refractivity contribution in [2.75, 3.05) is 4.90 Å². The third-order valence-corrected chi connectivity index (χ3v) is 11.8. The molecular weight excluding hydrogens is 719 g/mol. The molecule has 2 aromatic heterocycles. The Morgan fingerprint density at radius 3 is 1.95 bits per heavy atom. The summed E-state index contributed by atoms with van der Waals surface area (Å²) in [6.07, 6.45) is 0. The van der Waals surface area contributed by atoms with Gasteiger partial charge in [0.15, 0.2) is 5.58 Å². The van der Waals surface area contributed by atoms with Gasteiger partial charge in [0.2, 0.25) is 5.89 Å². The van der Waals surface area contributed by atoms with Crippen molar-refractivity contribution < 1.29 is 4.42 Å². The van der Waals surface area contributed by atoms with Crippen LogP contribution in [0.25, 0.3) is 93.5 Å². The largest absolute Gasteiger partial charge is 0.434 e. The zero-order valence-electron chi connectivity index (χ0n) is 32.0. The van der Waals surface area contributed by atoms with Gasteiger partial charge in [-0.1, -0.05) is 146 Å². The Morgan fingerprint density at radius 1 is 0.424 bits per heavy atom. The molecule has 0 fully saturated rings. The maximum Gasteiger partial charge on any atom is 0.228 e. The maximum absolute atomic E-state index is 6.88.